The van der Waals surface area contributed by atoms with Crippen LogP contribution >= 0.6 is 12.2 Å². The van der Waals surface area contributed by atoms with E-state index in [4.69, 9.17) is 31.2 Å². The summed E-state index contributed by atoms with van der Waals surface area (Å²) in [6.07, 6.45) is 0. The molecule has 2 aromatic rings. The number of anilines is 1. The van der Waals surface area contributed by atoms with Crippen molar-refractivity contribution in [2.75, 3.05) is 58.0 Å². The Bertz CT molecular complexity index is 1110. The minimum Gasteiger partial charge on any atom is -0.496 e. The van der Waals surface area contributed by atoms with Crippen molar-refractivity contribution >= 4 is 34.6 Å². The Morgan fingerprint density at radius 1 is 1.00 bits per heavy atom. The van der Waals surface area contributed by atoms with Gasteiger partial charge >= 0.3 is 0 Å². The van der Waals surface area contributed by atoms with E-state index in [1.165, 1.54) is 13.2 Å². The van der Waals surface area contributed by atoms with Crippen molar-refractivity contribution in [2.45, 2.75) is 20.8 Å². The number of hydrogen-bond acceptors (Lipinski definition) is 9. The molecule has 1 amide bonds. The maximum Gasteiger partial charge on any atom is 0.296 e. The summed E-state index contributed by atoms with van der Waals surface area (Å²) in [4.78, 5) is 28.0. The lowest BCUT2D eigenvalue weighted by atomic mass is 10.1. The van der Waals surface area contributed by atoms with Crippen LogP contribution in [0.2, 0.25) is 0 Å². The number of nitrogens with zero attached hydrogens (tertiary/aromatic N) is 3. The van der Waals surface area contributed by atoms with Gasteiger partial charge in [0.2, 0.25) is 5.75 Å². The van der Waals surface area contributed by atoms with E-state index in [1.807, 2.05) is 30.6 Å². The zero-order valence-corrected chi connectivity index (χ0v) is 22.3. The van der Waals surface area contributed by atoms with Gasteiger partial charge in [0, 0.05) is 31.7 Å². The predicted molar refractivity (Wildman–Crippen MR) is 143 cm³/mol. The molecule has 0 aliphatic carbocycles. The molecule has 1 N–H and O–H groups in total. The molecule has 0 bridgehead atoms. The molecule has 12 heteroatoms. The highest BCUT2D eigenvalue weighted by molar-refractivity contribution is 7.80. The number of nitro groups is 1. The van der Waals surface area contributed by atoms with Gasteiger partial charge in [-0.05, 0) is 57.3 Å². The number of carbonyl (C=O) groups is 1. The third kappa shape index (κ3) is 6.70. The lowest BCUT2D eigenvalue weighted by molar-refractivity contribution is -0.384. The van der Waals surface area contributed by atoms with Crippen molar-refractivity contribution in [3.63, 3.8) is 0 Å². The van der Waals surface area contributed by atoms with Crippen molar-refractivity contribution in [1.29, 1.82) is 0 Å². The van der Waals surface area contributed by atoms with Crippen LogP contribution in [0, 0.1) is 10.1 Å². The minimum atomic E-state index is -0.418. The van der Waals surface area contributed by atoms with Crippen molar-refractivity contribution in [3.8, 4) is 23.0 Å². The van der Waals surface area contributed by atoms with Crippen LogP contribution in [0.25, 0.3) is 0 Å². The summed E-state index contributed by atoms with van der Waals surface area (Å²) in [6, 6.07) is 8.01. The fourth-order valence-corrected chi connectivity index (χ4v) is 4.24. The van der Waals surface area contributed by atoms with E-state index in [-0.39, 0.29) is 10.8 Å². The smallest absolute Gasteiger partial charge is 0.296 e. The van der Waals surface area contributed by atoms with Gasteiger partial charge in [-0.1, -0.05) is 0 Å². The number of hydrogen-bond donors (Lipinski definition) is 1. The molecule has 2 aromatic carbocycles. The summed E-state index contributed by atoms with van der Waals surface area (Å²) >= 11 is 5.50. The number of methoxy groups -OCH3 is 1. The van der Waals surface area contributed by atoms with E-state index in [2.05, 4.69) is 5.32 Å². The van der Waals surface area contributed by atoms with Crippen LogP contribution in [0.5, 0.6) is 23.0 Å². The number of amides is 1. The van der Waals surface area contributed by atoms with Gasteiger partial charge in [-0.25, -0.2) is 0 Å². The van der Waals surface area contributed by atoms with Crippen LogP contribution < -0.4 is 29.2 Å². The molecule has 0 radical (unpaired) electrons. The van der Waals surface area contributed by atoms with Crippen LogP contribution in [0.1, 0.15) is 31.1 Å². The molecule has 0 aromatic heterocycles. The molecular weight excluding hydrogens is 500 g/mol. The second-order valence-corrected chi connectivity index (χ2v) is 8.33. The molecule has 1 saturated heterocycles. The number of rotatable bonds is 10. The second kappa shape index (κ2) is 12.9. The first kappa shape index (κ1) is 27.8. The van der Waals surface area contributed by atoms with Crippen molar-refractivity contribution in [3.05, 3.63) is 46.0 Å². The van der Waals surface area contributed by atoms with E-state index in [9.17, 15) is 14.9 Å². The molecule has 0 spiro atoms. The number of nitrogens with one attached hydrogen (secondary N) is 1. The SMILES string of the molecule is CCOc1cc(C(=O)NC(=S)N2CCN(c3ccc(OC)cc3[N+](=O)[O-])CC2)cc(OCC)c1OCC. The fourth-order valence-electron chi connectivity index (χ4n) is 3.96. The highest BCUT2D eigenvalue weighted by Crippen LogP contribution is 2.39. The van der Waals surface area contributed by atoms with Crippen molar-refractivity contribution in [1.82, 2.24) is 10.2 Å². The number of carbonyl (C=O) groups excluding carboxylic acids is 1. The highest BCUT2D eigenvalue weighted by Gasteiger charge is 2.26. The summed E-state index contributed by atoms with van der Waals surface area (Å²) in [5.74, 6) is 1.31. The van der Waals surface area contributed by atoms with Gasteiger partial charge in [0.05, 0.1) is 37.9 Å². The predicted octanol–water partition coefficient (Wildman–Crippen LogP) is 3.64. The van der Waals surface area contributed by atoms with Crippen LogP contribution in [-0.2, 0) is 0 Å². The van der Waals surface area contributed by atoms with Crippen molar-refractivity contribution < 1.29 is 28.7 Å². The summed E-state index contributed by atoms with van der Waals surface area (Å²) in [5.41, 5.74) is 0.821. The molecule has 0 unspecified atom stereocenters. The van der Waals surface area contributed by atoms with Gasteiger partial charge in [0.1, 0.15) is 11.4 Å². The molecule has 3 rings (SSSR count). The van der Waals surface area contributed by atoms with E-state index >= 15 is 0 Å². The maximum absolute atomic E-state index is 13.1. The van der Waals surface area contributed by atoms with Crippen LogP contribution in [-0.4, -0.2) is 74.0 Å². The Hall–Kier alpha value is -3.80. The summed E-state index contributed by atoms with van der Waals surface area (Å²) in [6.45, 7) is 8.72. The summed E-state index contributed by atoms with van der Waals surface area (Å²) in [5, 5.41) is 14.6. The zero-order valence-electron chi connectivity index (χ0n) is 21.4. The van der Waals surface area contributed by atoms with E-state index in [0.29, 0.717) is 80.2 Å². The first-order valence-electron chi connectivity index (χ1n) is 12.1. The van der Waals surface area contributed by atoms with Gasteiger partial charge in [-0.15, -0.1) is 0 Å². The third-order valence-corrected chi connectivity index (χ3v) is 6.04. The molecule has 0 atom stereocenters. The minimum absolute atomic E-state index is 0.0191. The maximum atomic E-state index is 13.1. The van der Waals surface area contributed by atoms with E-state index < -0.39 is 10.8 Å². The van der Waals surface area contributed by atoms with Gasteiger partial charge < -0.3 is 28.7 Å². The Balaban J connectivity index is 1.69. The number of thiocarbonyl (C=S) groups is 1. The van der Waals surface area contributed by atoms with Crippen molar-refractivity contribution in [2.24, 2.45) is 0 Å². The molecule has 200 valence electrons. The fraction of sp³-hybridized carbons (Fsp3) is 0.440. The second-order valence-electron chi connectivity index (χ2n) is 7.95. The number of ether oxygens (including phenoxy) is 4. The molecular formula is C25H32N4O7S. The normalized spacial score (nSPS) is 13.1. The Labute approximate surface area is 221 Å². The number of piperazine rings is 1. The molecule has 11 nitrogen and oxygen atoms in total. The van der Waals surface area contributed by atoms with Crippen LogP contribution in [0.15, 0.2) is 30.3 Å². The average Bonchev–Trinajstić information content (AvgIpc) is 2.90. The van der Waals surface area contributed by atoms with Crippen LogP contribution in [0.4, 0.5) is 11.4 Å². The molecule has 37 heavy (non-hydrogen) atoms. The molecule has 1 aliphatic rings. The molecule has 1 fully saturated rings. The first-order chi connectivity index (χ1) is 17.8. The van der Waals surface area contributed by atoms with Gasteiger partial charge in [0.25, 0.3) is 11.6 Å². The quantitative estimate of drug-likeness (QED) is 0.276. The lowest BCUT2D eigenvalue weighted by Crippen LogP contribution is -2.52. The van der Waals surface area contributed by atoms with Crippen LogP contribution in [0.3, 0.4) is 0 Å². The van der Waals surface area contributed by atoms with Gasteiger partial charge in [-0.2, -0.15) is 0 Å². The average molecular weight is 533 g/mol. The third-order valence-electron chi connectivity index (χ3n) is 5.68. The van der Waals surface area contributed by atoms with Gasteiger partial charge in [0.15, 0.2) is 16.6 Å². The molecule has 0 saturated carbocycles. The van der Waals surface area contributed by atoms with E-state index in [1.54, 1.807) is 24.3 Å². The first-order valence-corrected chi connectivity index (χ1v) is 12.5. The molecule has 1 aliphatic heterocycles. The van der Waals surface area contributed by atoms with Gasteiger partial charge in [-0.3, -0.25) is 20.2 Å². The largest absolute Gasteiger partial charge is 0.496 e. The standard InChI is InChI=1S/C25H32N4O7S/c1-5-34-21-14-17(15-22(35-6-2)23(21)36-7-3)24(30)26-25(37)28-12-10-27(11-13-28)19-9-8-18(33-4)16-20(19)29(31)32/h8-9,14-16H,5-7,10-13H2,1-4H3,(H,26,30,37). The Morgan fingerprint density at radius 3 is 2.11 bits per heavy atom. The highest BCUT2D eigenvalue weighted by atomic mass is 32.1. The number of nitro benzene ring substituents is 1. The molecule has 1 heterocycles. The summed E-state index contributed by atoms with van der Waals surface area (Å²) < 4.78 is 22.2. The van der Waals surface area contributed by atoms with E-state index in [0.717, 1.165) is 0 Å². The summed E-state index contributed by atoms with van der Waals surface area (Å²) in [7, 11) is 1.47. The topological polar surface area (TPSA) is 116 Å². The number of benzene rings is 2. The monoisotopic (exact) mass is 532 g/mol. The lowest BCUT2D eigenvalue weighted by Gasteiger charge is -2.37. The Morgan fingerprint density at radius 2 is 1.59 bits per heavy atom. The Kier molecular flexibility index (Phi) is 9.72. The zero-order chi connectivity index (χ0) is 26.9.